The van der Waals surface area contributed by atoms with E-state index in [4.69, 9.17) is 4.79 Å². The first-order valence-electron chi connectivity index (χ1n) is 3.86. The molecule has 1 aromatic rings. The van der Waals surface area contributed by atoms with Gasteiger partial charge in [-0.25, -0.2) is 14.8 Å². The van der Waals surface area contributed by atoms with Crippen molar-refractivity contribution in [1.82, 2.24) is 9.97 Å². The largest absolute Gasteiger partial charge is 0.352 e. The van der Waals surface area contributed by atoms with Crippen molar-refractivity contribution in [2.75, 3.05) is 0 Å². The van der Waals surface area contributed by atoms with E-state index >= 15 is 0 Å². The van der Waals surface area contributed by atoms with Crippen LogP contribution in [-0.2, 0) is 0 Å². The fraction of sp³-hybridized carbons (Fsp3) is 0.375. The van der Waals surface area contributed by atoms with Crippen LogP contribution in [0.25, 0.3) is 0 Å². The summed E-state index contributed by atoms with van der Waals surface area (Å²) in [4.78, 5) is 17.1. The van der Waals surface area contributed by atoms with Gasteiger partial charge in [0.15, 0.2) is 0 Å². The smallest absolute Gasteiger partial charge is 0.309 e. The summed E-state index contributed by atoms with van der Waals surface area (Å²) in [5.74, 6) is 1.35. The monoisotopic (exact) mass is 218 g/mol. The second-order valence-corrected chi connectivity index (χ2v) is 2.66. The number of carbonyl (C=O) groups excluding carboxylic acids is 1. The van der Waals surface area contributed by atoms with Gasteiger partial charge in [0.05, 0.1) is 0 Å². The fourth-order valence-corrected chi connectivity index (χ4v) is 0.609. The van der Waals surface area contributed by atoms with Gasteiger partial charge in [0.1, 0.15) is 5.82 Å². The Kier molecular flexibility index (Phi) is 8.91. The molecular formula is C8H15ClN4O. The highest BCUT2D eigenvalue weighted by atomic mass is 35.5. The molecule has 14 heavy (non-hydrogen) atoms. The molecule has 6 heteroatoms. The van der Waals surface area contributed by atoms with Gasteiger partial charge in [-0.05, 0) is 6.07 Å². The molecule has 1 aromatic heterocycles. The number of urea groups is 1. The number of hydrogen-bond donors (Lipinski definition) is 2. The van der Waals surface area contributed by atoms with Crippen molar-refractivity contribution in [2.24, 2.45) is 11.5 Å². The molecule has 0 aliphatic heterocycles. The topological polar surface area (TPSA) is 94.9 Å². The third-order valence-electron chi connectivity index (χ3n) is 1.10. The maximum absolute atomic E-state index is 9.00. The van der Waals surface area contributed by atoms with Crippen LogP contribution in [0.5, 0.6) is 0 Å². The molecule has 0 aliphatic rings. The van der Waals surface area contributed by atoms with Crippen LogP contribution in [0, 0.1) is 0 Å². The van der Waals surface area contributed by atoms with E-state index in [1.54, 1.807) is 12.4 Å². The van der Waals surface area contributed by atoms with E-state index in [0.29, 0.717) is 5.92 Å². The summed E-state index contributed by atoms with van der Waals surface area (Å²) in [5.41, 5.74) is 8.50. The molecule has 1 heterocycles. The quantitative estimate of drug-likeness (QED) is 0.738. The zero-order valence-corrected chi connectivity index (χ0v) is 8.99. The number of rotatable bonds is 1. The minimum Gasteiger partial charge on any atom is -0.352 e. The van der Waals surface area contributed by atoms with E-state index < -0.39 is 6.03 Å². The van der Waals surface area contributed by atoms with Crippen LogP contribution in [0.4, 0.5) is 4.79 Å². The van der Waals surface area contributed by atoms with E-state index in [1.165, 1.54) is 0 Å². The predicted molar refractivity (Wildman–Crippen MR) is 57.1 cm³/mol. The molecule has 1 rings (SSSR count). The standard InChI is InChI=1S/C7H10N2.CH4N2O.ClH/c1-6(2)7-8-4-3-5-9-7;2-1(3)4;/h3-6H,1-2H3;(H4,2,3,4);1H. The first kappa shape index (κ1) is 15.1. The molecule has 0 radical (unpaired) electrons. The van der Waals surface area contributed by atoms with Crippen molar-refractivity contribution in [2.45, 2.75) is 19.8 Å². The highest BCUT2D eigenvalue weighted by Crippen LogP contribution is 2.04. The van der Waals surface area contributed by atoms with Gasteiger partial charge in [0, 0.05) is 18.3 Å². The van der Waals surface area contributed by atoms with E-state index in [0.717, 1.165) is 5.82 Å². The van der Waals surface area contributed by atoms with Crippen LogP contribution < -0.4 is 11.5 Å². The number of carbonyl (C=O) groups is 1. The van der Waals surface area contributed by atoms with Crippen molar-refractivity contribution in [3.05, 3.63) is 24.3 Å². The molecule has 0 atom stereocenters. The van der Waals surface area contributed by atoms with Crippen LogP contribution in [0.2, 0.25) is 0 Å². The lowest BCUT2D eigenvalue weighted by molar-refractivity contribution is 0.256. The zero-order chi connectivity index (χ0) is 10.3. The average Bonchev–Trinajstić information content (AvgIpc) is 2.05. The minimum atomic E-state index is -0.833. The summed E-state index contributed by atoms with van der Waals surface area (Å²) in [7, 11) is 0. The number of nitrogens with two attached hydrogens (primary N) is 2. The Morgan fingerprint density at radius 3 is 1.86 bits per heavy atom. The lowest BCUT2D eigenvalue weighted by Gasteiger charge is -1.98. The maximum Gasteiger partial charge on any atom is 0.309 e. The summed E-state index contributed by atoms with van der Waals surface area (Å²) in [5, 5.41) is 0. The number of amides is 2. The number of primary amides is 2. The van der Waals surface area contributed by atoms with Crippen molar-refractivity contribution < 1.29 is 4.79 Å². The Morgan fingerprint density at radius 1 is 1.29 bits per heavy atom. The first-order chi connectivity index (χ1) is 6.04. The predicted octanol–water partition coefficient (Wildman–Crippen LogP) is 1.05. The molecule has 0 saturated carbocycles. The second-order valence-electron chi connectivity index (χ2n) is 2.66. The molecule has 80 valence electrons. The van der Waals surface area contributed by atoms with Crippen molar-refractivity contribution in [3.63, 3.8) is 0 Å². The van der Waals surface area contributed by atoms with Crippen molar-refractivity contribution in [3.8, 4) is 0 Å². The van der Waals surface area contributed by atoms with Crippen LogP contribution in [0.1, 0.15) is 25.6 Å². The lowest BCUT2D eigenvalue weighted by atomic mass is 10.2. The molecule has 0 bridgehead atoms. The minimum absolute atomic E-state index is 0. The van der Waals surface area contributed by atoms with Crippen LogP contribution in [-0.4, -0.2) is 16.0 Å². The molecule has 0 fully saturated rings. The Morgan fingerprint density at radius 2 is 1.64 bits per heavy atom. The van der Waals surface area contributed by atoms with Gasteiger partial charge in [-0.15, -0.1) is 12.4 Å². The van der Waals surface area contributed by atoms with E-state index in [9.17, 15) is 0 Å². The molecule has 0 unspecified atom stereocenters. The normalized spacial score (nSPS) is 8.21. The Bertz CT molecular complexity index is 249. The summed E-state index contributed by atoms with van der Waals surface area (Å²) in [6.45, 7) is 4.16. The molecule has 4 N–H and O–H groups in total. The van der Waals surface area contributed by atoms with E-state index in [1.807, 2.05) is 6.07 Å². The van der Waals surface area contributed by atoms with Crippen molar-refractivity contribution in [1.29, 1.82) is 0 Å². The van der Waals surface area contributed by atoms with Gasteiger partial charge in [0.2, 0.25) is 0 Å². The Labute approximate surface area is 89.3 Å². The molecule has 0 spiro atoms. The molecule has 2 amide bonds. The molecule has 5 nitrogen and oxygen atoms in total. The van der Waals surface area contributed by atoms with Gasteiger partial charge in [-0.3, -0.25) is 0 Å². The van der Waals surface area contributed by atoms with Crippen molar-refractivity contribution >= 4 is 18.4 Å². The second kappa shape index (κ2) is 8.25. The Balaban J connectivity index is 0. The molecule has 0 aliphatic carbocycles. The van der Waals surface area contributed by atoms with Gasteiger partial charge >= 0.3 is 6.03 Å². The highest BCUT2D eigenvalue weighted by molar-refractivity contribution is 5.85. The fourth-order valence-electron chi connectivity index (χ4n) is 0.609. The molecule has 0 saturated heterocycles. The lowest BCUT2D eigenvalue weighted by Crippen LogP contribution is -2.18. The molecule has 0 aromatic carbocycles. The number of halogens is 1. The van der Waals surface area contributed by atoms with Gasteiger partial charge in [-0.1, -0.05) is 13.8 Å². The SMILES string of the molecule is CC(C)c1ncccn1.Cl.NC(N)=O. The zero-order valence-electron chi connectivity index (χ0n) is 8.18. The first-order valence-corrected chi connectivity index (χ1v) is 3.86. The van der Waals surface area contributed by atoms with E-state index in [-0.39, 0.29) is 12.4 Å². The highest BCUT2D eigenvalue weighted by Gasteiger charge is 1.97. The Hall–Kier alpha value is -1.36. The van der Waals surface area contributed by atoms with Crippen LogP contribution in [0.3, 0.4) is 0 Å². The number of nitrogens with zero attached hydrogens (tertiary/aromatic N) is 2. The van der Waals surface area contributed by atoms with Crippen LogP contribution >= 0.6 is 12.4 Å². The average molecular weight is 219 g/mol. The van der Waals surface area contributed by atoms with E-state index in [2.05, 4.69) is 35.3 Å². The summed E-state index contributed by atoms with van der Waals surface area (Å²) < 4.78 is 0. The van der Waals surface area contributed by atoms with Crippen LogP contribution in [0.15, 0.2) is 18.5 Å². The molecular weight excluding hydrogens is 204 g/mol. The summed E-state index contributed by atoms with van der Waals surface area (Å²) in [6, 6.07) is 0.992. The number of hydrogen-bond acceptors (Lipinski definition) is 3. The third-order valence-corrected chi connectivity index (χ3v) is 1.10. The summed E-state index contributed by atoms with van der Waals surface area (Å²) >= 11 is 0. The summed E-state index contributed by atoms with van der Waals surface area (Å²) in [6.07, 6.45) is 3.53. The number of aromatic nitrogens is 2. The van der Waals surface area contributed by atoms with Gasteiger partial charge < -0.3 is 11.5 Å². The van der Waals surface area contributed by atoms with Gasteiger partial charge in [-0.2, -0.15) is 0 Å². The maximum atomic E-state index is 9.00. The van der Waals surface area contributed by atoms with Gasteiger partial charge in [0.25, 0.3) is 0 Å². The third kappa shape index (κ3) is 8.73.